The average molecular weight is 493 g/mol. The number of benzene rings is 1. The highest BCUT2D eigenvalue weighted by atomic mass is 19.1. The molecular weight excluding hydrogens is 467 g/mol. The van der Waals surface area contributed by atoms with Gasteiger partial charge in [0, 0.05) is 41.9 Å². The third-order valence-corrected chi connectivity index (χ3v) is 6.26. The molecule has 1 aromatic carbocycles. The Labute approximate surface area is 212 Å². The summed E-state index contributed by atoms with van der Waals surface area (Å²) >= 11 is 0. The van der Waals surface area contributed by atoms with Crippen LogP contribution in [0.1, 0.15) is 0 Å². The fourth-order valence-electron chi connectivity index (χ4n) is 4.45. The molecule has 8 nitrogen and oxygen atoms in total. The van der Waals surface area contributed by atoms with Crippen molar-refractivity contribution >= 4 is 27.6 Å². The van der Waals surface area contributed by atoms with Crippen molar-refractivity contribution in [2.45, 2.75) is 0 Å². The van der Waals surface area contributed by atoms with Crippen LogP contribution in [0.15, 0.2) is 73.2 Å². The molecule has 0 bridgehead atoms. The molecule has 0 aliphatic heterocycles. The Balaban J connectivity index is 1.41. The van der Waals surface area contributed by atoms with Gasteiger partial charge in [-0.15, -0.1) is 0 Å². The summed E-state index contributed by atoms with van der Waals surface area (Å²) in [5.41, 5.74) is 7.04. The Hall–Kier alpha value is -4.63. The second-order valence-corrected chi connectivity index (χ2v) is 9.16. The molecule has 0 fully saturated rings. The standard InChI is InChI=1S/C28H25FN8/c1-37(2)10-9-30-19-12-17(11-18(29)13-19)20-6-8-32-28-21(20)14-25(34-28)27-22-15-24(23-5-3-4-7-31-23)33-16-26(22)35-36-27/h3-8,11-16,30H,9-10H2,1-2H3,(H,32,34)(H,35,36). The van der Waals surface area contributed by atoms with Gasteiger partial charge in [-0.2, -0.15) is 5.10 Å². The van der Waals surface area contributed by atoms with Crippen LogP contribution in [0.4, 0.5) is 10.1 Å². The van der Waals surface area contributed by atoms with E-state index < -0.39 is 0 Å². The van der Waals surface area contributed by atoms with E-state index in [-0.39, 0.29) is 5.82 Å². The zero-order valence-corrected chi connectivity index (χ0v) is 20.5. The van der Waals surface area contributed by atoms with Gasteiger partial charge in [0.25, 0.3) is 0 Å². The summed E-state index contributed by atoms with van der Waals surface area (Å²) < 4.78 is 14.6. The van der Waals surface area contributed by atoms with Crippen LogP contribution in [0.25, 0.3) is 55.8 Å². The normalized spacial score (nSPS) is 11.6. The van der Waals surface area contributed by atoms with Crippen molar-refractivity contribution in [2.24, 2.45) is 0 Å². The van der Waals surface area contributed by atoms with Crippen molar-refractivity contribution in [3.05, 3.63) is 79.0 Å². The van der Waals surface area contributed by atoms with Gasteiger partial charge in [-0.1, -0.05) is 6.07 Å². The molecule has 0 aliphatic rings. The Bertz CT molecular complexity index is 1700. The number of aromatic amines is 2. The van der Waals surface area contributed by atoms with Crippen molar-refractivity contribution in [2.75, 3.05) is 32.5 Å². The molecule has 0 spiro atoms. The summed E-state index contributed by atoms with van der Waals surface area (Å²) in [4.78, 5) is 18.9. The van der Waals surface area contributed by atoms with Crippen molar-refractivity contribution in [1.82, 2.24) is 35.0 Å². The van der Waals surface area contributed by atoms with Crippen LogP contribution in [0.2, 0.25) is 0 Å². The zero-order chi connectivity index (χ0) is 25.4. The van der Waals surface area contributed by atoms with Crippen molar-refractivity contribution in [3.8, 4) is 33.9 Å². The average Bonchev–Trinajstić information content (AvgIpc) is 3.52. The monoisotopic (exact) mass is 492 g/mol. The van der Waals surface area contributed by atoms with Crippen LogP contribution in [0.3, 0.4) is 0 Å². The predicted molar refractivity (Wildman–Crippen MR) is 145 cm³/mol. The second kappa shape index (κ2) is 9.44. The molecule has 0 aliphatic carbocycles. The highest BCUT2D eigenvalue weighted by Gasteiger charge is 2.16. The van der Waals surface area contributed by atoms with Gasteiger partial charge in [-0.3, -0.25) is 15.1 Å². The maximum atomic E-state index is 14.6. The SMILES string of the molecule is CN(C)CCNc1cc(F)cc(-c2ccnc3[nH]c(-c4n[nH]c5cnc(-c6ccccn6)cc45)cc23)c1. The second-order valence-electron chi connectivity index (χ2n) is 9.16. The Kier molecular flexibility index (Phi) is 5.82. The molecule has 5 aromatic heterocycles. The van der Waals surface area contributed by atoms with E-state index in [1.165, 1.54) is 6.07 Å². The lowest BCUT2D eigenvalue weighted by atomic mass is 10.0. The number of fused-ring (bicyclic) bond motifs is 2. The van der Waals surface area contributed by atoms with E-state index >= 15 is 0 Å². The number of likely N-dealkylation sites (N-methyl/N-ethyl adjacent to an activating group) is 1. The van der Waals surface area contributed by atoms with Crippen LogP contribution in [0.5, 0.6) is 0 Å². The third kappa shape index (κ3) is 4.52. The van der Waals surface area contributed by atoms with Crippen LogP contribution in [-0.4, -0.2) is 62.2 Å². The lowest BCUT2D eigenvalue weighted by molar-refractivity contribution is 0.425. The maximum absolute atomic E-state index is 14.6. The molecule has 0 atom stereocenters. The molecule has 5 heterocycles. The number of halogens is 1. The number of hydrogen-bond acceptors (Lipinski definition) is 6. The van der Waals surface area contributed by atoms with Crippen LogP contribution in [0, 0.1) is 5.82 Å². The quantitative estimate of drug-likeness (QED) is 0.278. The molecule has 9 heteroatoms. The Morgan fingerprint density at radius 1 is 0.919 bits per heavy atom. The van der Waals surface area contributed by atoms with E-state index in [2.05, 4.69) is 40.3 Å². The van der Waals surface area contributed by atoms with Crippen molar-refractivity contribution < 1.29 is 4.39 Å². The number of hydrogen-bond donors (Lipinski definition) is 3. The largest absolute Gasteiger partial charge is 0.384 e. The smallest absolute Gasteiger partial charge is 0.138 e. The molecule has 6 aromatic rings. The molecule has 184 valence electrons. The summed E-state index contributed by atoms with van der Waals surface area (Å²) in [7, 11) is 4.02. The number of nitrogens with one attached hydrogen (secondary N) is 3. The minimum atomic E-state index is -0.293. The predicted octanol–water partition coefficient (Wildman–Crippen LogP) is 5.34. The molecule has 6 rings (SSSR count). The first-order valence-corrected chi connectivity index (χ1v) is 12.0. The molecule has 0 radical (unpaired) electrons. The van der Waals surface area contributed by atoms with E-state index in [4.69, 9.17) is 0 Å². The lowest BCUT2D eigenvalue weighted by Gasteiger charge is -2.13. The number of rotatable bonds is 7. The Morgan fingerprint density at radius 3 is 2.68 bits per heavy atom. The van der Waals surface area contributed by atoms with E-state index in [9.17, 15) is 4.39 Å². The zero-order valence-electron chi connectivity index (χ0n) is 20.5. The molecule has 0 saturated heterocycles. The van der Waals surface area contributed by atoms with Crippen molar-refractivity contribution in [1.29, 1.82) is 0 Å². The van der Waals surface area contributed by atoms with Crippen molar-refractivity contribution in [3.63, 3.8) is 0 Å². The van der Waals surface area contributed by atoms with Gasteiger partial charge >= 0.3 is 0 Å². The highest BCUT2D eigenvalue weighted by Crippen LogP contribution is 2.35. The first kappa shape index (κ1) is 22.8. The maximum Gasteiger partial charge on any atom is 0.138 e. The minimum absolute atomic E-state index is 0.293. The third-order valence-electron chi connectivity index (χ3n) is 6.26. The van der Waals surface area contributed by atoms with Gasteiger partial charge < -0.3 is 15.2 Å². The molecule has 37 heavy (non-hydrogen) atoms. The topological polar surface area (TPSA) is 98.4 Å². The van der Waals surface area contributed by atoms with E-state index in [0.717, 1.165) is 69.0 Å². The fourth-order valence-corrected chi connectivity index (χ4v) is 4.45. The van der Waals surface area contributed by atoms with Crippen LogP contribution in [-0.2, 0) is 0 Å². The van der Waals surface area contributed by atoms with Gasteiger partial charge in [0.15, 0.2) is 0 Å². The number of anilines is 1. The fraction of sp³-hybridized carbons (Fsp3) is 0.143. The Morgan fingerprint density at radius 2 is 1.84 bits per heavy atom. The molecule has 3 N–H and O–H groups in total. The summed E-state index contributed by atoms with van der Waals surface area (Å²) in [5, 5.41) is 12.7. The number of H-pyrrole nitrogens is 2. The summed E-state index contributed by atoms with van der Waals surface area (Å²) in [5.74, 6) is -0.293. The van der Waals surface area contributed by atoms with Crippen LogP contribution < -0.4 is 5.32 Å². The van der Waals surface area contributed by atoms with E-state index in [1.807, 2.05) is 56.6 Å². The molecule has 0 saturated carbocycles. The summed E-state index contributed by atoms with van der Waals surface area (Å²) in [6, 6.07) is 16.7. The van der Waals surface area contributed by atoms with Gasteiger partial charge in [0.05, 0.1) is 28.8 Å². The number of pyridine rings is 3. The van der Waals surface area contributed by atoms with Crippen LogP contribution >= 0.6 is 0 Å². The van der Waals surface area contributed by atoms with Gasteiger partial charge in [-0.05, 0) is 73.8 Å². The first-order chi connectivity index (χ1) is 18.0. The van der Waals surface area contributed by atoms with Gasteiger partial charge in [0.2, 0.25) is 0 Å². The molecule has 0 unspecified atom stereocenters. The van der Waals surface area contributed by atoms with Gasteiger partial charge in [0.1, 0.15) is 17.2 Å². The lowest BCUT2D eigenvalue weighted by Crippen LogP contribution is -2.20. The molecule has 0 amide bonds. The summed E-state index contributed by atoms with van der Waals surface area (Å²) in [6.45, 7) is 1.57. The number of aromatic nitrogens is 6. The highest BCUT2D eigenvalue weighted by molar-refractivity contribution is 6.00. The first-order valence-electron chi connectivity index (χ1n) is 12.0. The molecular formula is C28H25FN8. The number of nitrogens with zero attached hydrogens (tertiary/aromatic N) is 5. The summed E-state index contributed by atoms with van der Waals surface area (Å²) in [6.07, 6.45) is 5.24. The van der Waals surface area contributed by atoms with E-state index in [1.54, 1.807) is 24.7 Å². The van der Waals surface area contributed by atoms with E-state index in [0.29, 0.717) is 5.65 Å². The van der Waals surface area contributed by atoms with Gasteiger partial charge in [-0.25, -0.2) is 9.37 Å². The minimum Gasteiger partial charge on any atom is -0.384 e.